The monoisotopic (exact) mass is 1200 g/mol. The van der Waals surface area contributed by atoms with Crippen molar-refractivity contribution in [1.82, 2.24) is 5.32 Å². The van der Waals surface area contributed by atoms with Crippen LogP contribution in [0.1, 0.15) is 114 Å². The number of rotatable bonds is 12. The first-order valence-corrected chi connectivity index (χ1v) is 30.2. The van der Waals surface area contributed by atoms with Crippen molar-refractivity contribution < 1.29 is 108 Å². The van der Waals surface area contributed by atoms with E-state index in [1.54, 1.807) is 46.8 Å². The SMILES string of the molecule is C=C1C(O)CC(OC2CC(C)([NH+]([O-])O)C(NC(=O)OC)C(C)O2)C(C)=CC2C=C(CO)C(C)CC23OC(=O)C(=C(O)C2(C)C1C=CC1C(OC4CC(OC5CC(C)C(OC6CC(O)C(OC)C(C)O6)C(O)O5)C(O)C(C)O4)C(C)CC(C)C12)C3=O. The number of amides is 1. The quantitative estimate of drug-likeness (QED) is 0.0586. The van der Waals surface area contributed by atoms with Crippen LogP contribution in [0, 0.1) is 58.0 Å². The largest absolute Gasteiger partial charge is 0.600 e. The molecule has 1 saturated carbocycles. The number of hydrogen-bond donors (Lipinski definition) is 9. The van der Waals surface area contributed by atoms with Gasteiger partial charge in [-0.25, -0.2) is 20.0 Å². The third-order valence-corrected chi connectivity index (χ3v) is 20.6. The number of aliphatic hydroxyl groups is 6. The summed E-state index contributed by atoms with van der Waals surface area (Å²) in [7, 11) is 2.66. The molecule has 24 heteroatoms. The first-order chi connectivity index (χ1) is 40.0. The molecule has 5 heterocycles. The number of quaternary nitrogens is 1. The fraction of sp³-hybridized carbons (Fsp3) is 0.787. The fourth-order valence-electron chi connectivity index (χ4n) is 15.9. The molecule has 0 aromatic carbocycles. The average Bonchev–Trinajstić information content (AvgIpc) is 2.07. The summed E-state index contributed by atoms with van der Waals surface area (Å²) in [5.41, 5.74) is -4.34. The van der Waals surface area contributed by atoms with Gasteiger partial charge in [-0.15, -0.1) is 0 Å². The van der Waals surface area contributed by atoms with E-state index in [4.69, 9.17) is 52.1 Å². The number of hydrogen-bond acceptors (Lipinski definition) is 22. The zero-order valence-electron chi connectivity index (χ0n) is 50.9. The van der Waals surface area contributed by atoms with Gasteiger partial charge in [0.15, 0.2) is 42.6 Å². The molecule has 478 valence electrons. The summed E-state index contributed by atoms with van der Waals surface area (Å²) in [5, 5.41) is 95.0. The normalized spacial score (nSPS) is 48.2. The van der Waals surface area contributed by atoms with E-state index in [0.29, 0.717) is 17.6 Å². The number of allylic oxidation sites excluding steroid dienone is 2. The van der Waals surface area contributed by atoms with Gasteiger partial charge in [-0.1, -0.05) is 65.5 Å². The molecule has 9 rings (SSSR count). The smallest absolute Gasteiger partial charge is 0.407 e. The van der Waals surface area contributed by atoms with Crippen LogP contribution in [-0.4, -0.2) is 190 Å². The molecule has 9 aliphatic rings. The molecule has 29 atom stereocenters. The molecule has 0 aromatic heterocycles. The Morgan fingerprint density at radius 1 is 0.788 bits per heavy atom. The van der Waals surface area contributed by atoms with Gasteiger partial charge in [0, 0.05) is 62.4 Å². The maximum Gasteiger partial charge on any atom is 0.407 e. The van der Waals surface area contributed by atoms with Crippen LogP contribution in [0.4, 0.5) is 4.79 Å². The van der Waals surface area contributed by atoms with Crippen molar-refractivity contribution in [1.29, 1.82) is 0 Å². The number of nitrogens with one attached hydrogen (secondary N) is 2. The van der Waals surface area contributed by atoms with Crippen molar-refractivity contribution in [2.45, 2.75) is 230 Å². The number of methoxy groups -OCH3 is 2. The highest BCUT2D eigenvalue weighted by Crippen LogP contribution is 2.61. The second-order valence-electron chi connectivity index (χ2n) is 26.3. The molecule has 29 unspecified atom stereocenters. The van der Waals surface area contributed by atoms with Crippen LogP contribution < -0.4 is 10.5 Å². The van der Waals surface area contributed by atoms with Crippen LogP contribution in [0.3, 0.4) is 0 Å². The Bertz CT molecular complexity index is 2570. The van der Waals surface area contributed by atoms with Crippen LogP contribution in [-0.2, 0) is 61.7 Å². The lowest BCUT2D eigenvalue weighted by Gasteiger charge is -2.57. The molecule has 2 bridgehead atoms. The summed E-state index contributed by atoms with van der Waals surface area (Å²) in [6.07, 6.45) is -7.95. The number of aliphatic hydroxyl groups excluding tert-OH is 6. The van der Waals surface area contributed by atoms with E-state index in [1.807, 2.05) is 39.8 Å². The third kappa shape index (κ3) is 12.2. The van der Waals surface area contributed by atoms with Crippen molar-refractivity contribution in [3.63, 3.8) is 0 Å². The van der Waals surface area contributed by atoms with Crippen molar-refractivity contribution in [3.8, 4) is 0 Å². The van der Waals surface area contributed by atoms with Gasteiger partial charge in [0.05, 0.1) is 69.0 Å². The molecule has 9 N–H and O–H groups in total. The molecular weight excluding hydrogens is 1110 g/mol. The predicted octanol–water partition coefficient (Wildman–Crippen LogP) is 3.24. The minimum absolute atomic E-state index is 0.0432. The molecule has 1 amide bonds. The Morgan fingerprint density at radius 3 is 2.08 bits per heavy atom. The molecule has 5 aliphatic heterocycles. The summed E-state index contributed by atoms with van der Waals surface area (Å²) in [4.78, 5) is 42.8. The van der Waals surface area contributed by atoms with E-state index in [-0.39, 0.29) is 68.5 Å². The number of esters is 1. The first-order valence-electron chi connectivity index (χ1n) is 30.2. The van der Waals surface area contributed by atoms with E-state index in [2.05, 4.69) is 11.9 Å². The number of hydroxylamine groups is 2. The van der Waals surface area contributed by atoms with Crippen molar-refractivity contribution in [2.24, 2.45) is 52.8 Å². The first kappa shape index (κ1) is 65.7. The van der Waals surface area contributed by atoms with Gasteiger partial charge in [-0.05, 0) is 87.3 Å². The Kier molecular flexibility index (Phi) is 19.8. The lowest BCUT2D eigenvalue weighted by molar-refractivity contribution is -1.09. The number of ether oxygens (including phenoxy) is 11. The zero-order valence-corrected chi connectivity index (χ0v) is 50.9. The number of carbonyl (C=O) groups excluding carboxylic acids is 3. The van der Waals surface area contributed by atoms with Crippen LogP contribution in [0.5, 0.6) is 0 Å². The highest BCUT2D eigenvalue weighted by atomic mass is 16.8. The van der Waals surface area contributed by atoms with Gasteiger partial charge in [-0.2, -0.15) is 0 Å². The predicted molar refractivity (Wildman–Crippen MR) is 298 cm³/mol. The molecule has 4 aliphatic carbocycles. The number of fused-ring (bicyclic) bond motifs is 4. The molecule has 5 saturated heterocycles. The van der Waals surface area contributed by atoms with Gasteiger partial charge in [-0.3, -0.25) is 4.79 Å². The molecule has 1 spiro atoms. The lowest BCUT2D eigenvalue weighted by Crippen LogP contribution is -3.17. The Labute approximate surface area is 496 Å². The van der Waals surface area contributed by atoms with Crippen molar-refractivity contribution in [2.75, 3.05) is 20.8 Å². The summed E-state index contributed by atoms with van der Waals surface area (Å²) in [6, 6.07) is -1.04. The van der Waals surface area contributed by atoms with Crippen LogP contribution in [0.15, 0.2) is 58.9 Å². The third-order valence-electron chi connectivity index (χ3n) is 20.6. The molecule has 85 heavy (non-hydrogen) atoms. The highest BCUT2D eigenvalue weighted by Gasteiger charge is 2.64. The Balaban J connectivity index is 1.01. The molecule has 0 aromatic rings. The van der Waals surface area contributed by atoms with Gasteiger partial charge in [0.25, 0.3) is 0 Å². The minimum Gasteiger partial charge on any atom is -0.600 e. The fourth-order valence-corrected chi connectivity index (χ4v) is 15.9. The maximum atomic E-state index is 15.6. The van der Waals surface area contributed by atoms with E-state index in [0.717, 1.165) is 7.11 Å². The van der Waals surface area contributed by atoms with E-state index in [9.17, 15) is 50.6 Å². The number of ketones is 1. The van der Waals surface area contributed by atoms with Gasteiger partial charge in [0.2, 0.25) is 5.78 Å². The molecule has 6 fully saturated rings. The van der Waals surface area contributed by atoms with E-state index >= 15 is 4.79 Å². The van der Waals surface area contributed by atoms with Crippen LogP contribution in [0.2, 0.25) is 0 Å². The van der Waals surface area contributed by atoms with Crippen LogP contribution in [0.25, 0.3) is 0 Å². The molecule has 24 nitrogen and oxygen atoms in total. The second kappa shape index (κ2) is 25.6. The number of Topliss-reactive ketones (excluding diaryl/α,β-unsaturated/α-hetero) is 1. The highest BCUT2D eigenvalue weighted by molar-refractivity contribution is 6.26. The van der Waals surface area contributed by atoms with Crippen LogP contribution >= 0.6 is 0 Å². The van der Waals surface area contributed by atoms with E-state index in [1.165, 1.54) is 14.0 Å². The standard InChI is InChI=1S/C61H92N2O22/c1-26-17-36-19-35(25-64)30(5)23-61(36)55(69)47(56(70)85-61)54(68)60(11)38(31(6)39(65)20-41(26)80-46-24-59(10,63(73)74)53(34(9)79-46)62-58(72)76-13)15-14-37-48(60)27(2)16-28(3)50(37)82-45-22-42(49(67)32(7)77-45)81-43-18-29(4)51(57(71)84-43)83-44-21-40(66)52(75-12)33(8)78-44/h14-15,17,19,27-30,32-34,36-46,48-53,57,63-68,71,73H,6,16,18,20-25H2,1-5,7-13H3,(H,62,72). The maximum absolute atomic E-state index is 15.6. The second-order valence-corrected chi connectivity index (χ2v) is 26.3. The number of alkyl carbamates (subject to hydrolysis) is 1. The summed E-state index contributed by atoms with van der Waals surface area (Å²) >= 11 is 0. The minimum atomic E-state index is -1.89. The summed E-state index contributed by atoms with van der Waals surface area (Å²) in [6.45, 7) is 21.9. The zero-order chi connectivity index (χ0) is 62.1. The Hall–Kier alpha value is -3.77. The van der Waals surface area contributed by atoms with Gasteiger partial charge in [0.1, 0.15) is 35.7 Å². The van der Waals surface area contributed by atoms with Gasteiger partial charge >= 0.3 is 12.1 Å². The lowest BCUT2D eigenvalue weighted by atomic mass is 9.49. The van der Waals surface area contributed by atoms with E-state index < -0.39 is 185 Å². The molecular formula is C61H92N2O22. The van der Waals surface area contributed by atoms with Crippen molar-refractivity contribution in [3.05, 3.63) is 64.1 Å². The summed E-state index contributed by atoms with van der Waals surface area (Å²) < 4.78 is 67.5. The topological polar surface area (TPSA) is 334 Å². The summed E-state index contributed by atoms with van der Waals surface area (Å²) in [5.74, 6) is -6.48. The Morgan fingerprint density at radius 2 is 1.44 bits per heavy atom. The average molecular weight is 1210 g/mol. The van der Waals surface area contributed by atoms with Crippen molar-refractivity contribution >= 4 is 17.8 Å². The number of carbonyl (C=O) groups is 3. The van der Waals surface area contributed by atoms with Gasteiger partial charge < -0.3 is 93.3 Å². The molecule has 0 radical (unpaired) electrons.